The predicted molar refractivity (Wildman–Crippen MR) is 119 cm³/mol. The topological polar surface area (TPSA) is 80.9 Å². The molecular weight excluding hydrogens is 444 g/mol. The minimum atomic E-state index is -1.12. The van der Waals surface area contributed by atoms with Gasteiger partial charge in [0.1, 0.15) is 23.0 Å². The van der Waals surface area contributed by atoms with Gasteiger partial charge in [-0.2, -0.15) is 0 Å². The van der Waals surface area contributed by atoms with Crippen molar-refractivity contribution in [2.24, 2.45) is 0 Å². The molecule has 0 amide bonds. The first-order chi connectivity index (χ1) is 14.4. The van der Waals surface area contributed by atoms with Gasteiger partial charge in [0.15, 0.2) is 0 Å². The van der Waals surface area contributed by atoms with Crippen LogP contribution in [-0.4, -0.2) is 20.4 Å². The zero-order chi connectivity index (χ0) is 21.3. The van der Waals surface area contributed by atoms with Gasteiger partial charge in [0.25, 0.3) is 0 Å². The van der Waals surface area contributed by atoms with Crippen molar-refractivity contribution in [3.05, 3.63) is 118 Å². The van der Waals surface area contributed by atoms with Crippen LogP contribution >= 0.6 is 15.9 Å². The van der Waals surface area contributed by atoms with E-state index in [1.807, 2.05) is 54.6 Å². The Hall–Kier alpha value is -3.44. The van der Waals surface area contributed by atoms with Gasteiger partial charge in [-0.25, -0.2) is 0 Å². The molecule has 0 aliphatic carbocycles. The molecule has 0 saturated heterocycles. The minimum Gasteiger partial charge on any atom is -0.508 e. The summed E-state index contributed by atoms with van der Waals surface area (Å²) in [5.41, 5.74) is 1.41. The molecule has 0 heterocycles. The Kier molecular flexibility index (Phi) is 5.14. The fraction of sp³-hybridized carbons (Fsp3) is 0.0400. The molecule has 0 atom stereocenters. The first-order valence-electron chi connectivity index (χ1n) is 9.29. The summed E-state index contributed by atoms with van der Waals surface area (Å²) in [4.78, 5) is 0. The highest BCUT2D eigenvalue weighted by Gasteiger charge is 2.42. The van der Waals surface area contributed by atoms with E-state index in [1.54, 1.807) is 12.1 Å². The number of benzene rings is 4. The maximum absolute atomic E-state index is 10.9. The largest absolute Gasteiger partial charge is 0.508 e. The minimum absolute atomic E-state index is 0.0672. The molecular formula is C25H19BrO4. The van der Waals surface area contributed by atoms with Crippen molar-refractivity contribution in [3.8, 4) is 23.0 Å². The number of aromatic hydroxyl groups is 4. The summed E-state index contributed by atoms with van der Waals surface area (Å²) in [6.45, 7) is 0. The average Bonchev–Trinajstić information content (AvgIpc) is 2.72. The SMILES string of the molecule is Oc1ccc(C(c2ccccc2)(c2cccc(Br)c2)c2ccc(O)cc2O)c(O)c1. The molecule has 4 aromatic carbocycles. The van der Waals surface area contributed by atoms with Crippen LogP contribution in [0.3, 0.4) is 0 Å². The first-order valence-corrected chi connectivity index (χ1v) is 10.1. The Bertz CT molecular complexity index is 1150. The quantitative estimate of drug-likeness (QED) is 0.295. The highest BCUT2D eigenvalue weighted by atomic mass is 79.9. The van der Waals surface area contributed by atoms with Crippen molar-refractivity contribution >= 4 is 15.9 Å². The van der Waals surface area contributed by atoms with E-state index >= 15 is 0 Å². The lowest BCUT2D eigenvalue weighted by Crippen LogP contribution is -2.31. The van der Waals surface area contributed by atoms with Crippen LogP contribution in [0, 0.1) is 0 Å². The second-order valence-electron chi connectivity index (χ2n) is 7.03. The molecule has 0 unspecified atom stereocenters. The molecule has 5 heteroatoms. The maximum Gasteiger partial charge on any atom is 0.124 e. The van der Waals surface area contributed by atoms with Gasteiger partial charge >= 0.3 is 0 Å². The molecule has 0 aliphatic rings. The van der Waals surface area contributed by atoms with Crippen LogP contribution in [0.15, 0.2) is 95.5 Å². The summed E-state index contributed by atoms with van der Waals surface area (Å²) >= 11 is 3.53. The van der Waals surface area contributed by atoms with Gasteiger partial charge in [-0.1, -0.05) is 70.5 Å². The standard InChI is InChI=1S/C25H19BrO4/c26-18-8-4-7-17(13-18)25(16-5-2-1-3-6-16,21-11-9-19(27)14-23(21)29)22-12-10-20(28)15-24(22)30/h1-15,27-30H. The summed E-state index contributed by atoms with van der Waals surface area (Å²) in [5.74, 6) is -0.373. The summed E-state index contributed by atoms with van der Waals surface area (Å²) in [6, 6.07) is 26.0. The lowest BCUT2D eigenvalue weighted by molar-refractivity contribution is 0.431. The first kappa shape index (κ1) is 19.9. The lowest BCUT2D eigenvalue weighted by Gasteiger charge is -2.37. The van der Waals surface area contributed by atoms with Crippen molar-refractivity contribution in [1.82, 2.24) is 0 Å². The maximum atomic E-state index is 10.9. The zero-order valence-corrected chi connectivity index (χ0v) is 17.4. The number of phenols is 4. The molecule has 4 nitrogen and oxygen atoms in total. The summed E-state index contributed by atoms with van der Waals surface area (Å²) < 4.78 is 0.830. The summed E-state index contributed by atoms with van der Waals surface area (Å²) in [7, 11) is 0. The van der Waals surface area contributed by atoms with E-state index in [-0.39, 0.29) is 23.0 Å². The Balaban J connectivity index is 2.22. The molecule has 4 aromatic rings. The van der Waals surface area contributed by atoms with Crippen LogP contribution in [0.25, 0.3) is 0 Å². The molecule has 4 N–H and O–H groups in total. The number of hydrogen-bond acceptors (Lipinski definition) is 4. The van der Waals surface area contributed by atoms with E-state index in [9.17, 15) is 20.4 Å². The van der Waals surface area contributed by atoms with Crippen molar-refractivity contribution in [2.75, 3.05) is 0 Å². The predicted octanol–water partition coefficient (Wildman–Crippen LogP) is 5.65. The van der Waals surface area contributed by atoms with Gasteiger partial charge in [0.05, 0.1) is 5.41 Å². The molecule has 0 saturated carbocycles. The van der Waals surface area contributed by atoms with Gasteiger partial charge in [0, 0.05) is 27.7 Å². The third-order valence-corrected chi connectivity index (χ3v) is 5.73. The fourth-order valence-electron chi connectivity index (χ4n) is 4.02. The Morgan fingerprint density at radius 3 is 1.57 bits per heavy atom. The second-order valence-corrected chi connectivity index (χ2v) is 7.94. The van der Waals surface area contributed by atoms with Crippen molar-refractivity contribution in [2.45, 2.75) is 5.41 Å². The van der Waals surface area contributed by atoms with Crippen LogP contribution in [0.2, 0.25) is 0 Å². The van der Waals surface area contributed by atoms with Crippen LogP contribution in [-0.2, 0) is 5.41 Å². The molecule has 0 aromatic heterocycles. The number of rotatable bonds is 4. The smallest absolute Gasteiger partial charge is 0.124 e. The van der Waals surface area contributed by atoms with E-state index < -0.39 is 5.41 Å². The highest BCUT2D eigenvalue weighted by Crippen LogP contribution is 2.51. The van der Waals surface area contributed by atoms with E-state index in [0.717, 1.165) is 15.6 Å². The number of phenolic OH excluding ortho intramolecular Hbond substituents is 4. The van der Waals surface area contributed by atoms with Gasteiger partial charge in [-0.05, 0) is 35.4 Å². The Labute approximate surface area is 182 Å². The van der Waals surface area contributed by atoms with Crippen molar-refractivity contribution < 1.29 is 20.4 Å². The molecule has 0 radical (unpaired) electrons. The van der Waals surface area contributed by atoms with E-state index in [0.29, 0.717) is 11.1 Å². The Morgan fingerprint density at radius 2 is 1.07 bits per heavy atom. The normalized spacial score (nSPS) is 11.4. The number of halogens is 1. The van der Waals surface area contributed by atoms with Crippen LogP contribution in [0.5, 0.6) is 23.0 Å². The average molecular weight is 463 g/mol. The van der Waals surface area contributed by atoms with Gasteiger partial charge in [-0.15, -0.1) is 0 Å². The molecule has 30 heavy (non-hydrogen) atoms. The van der Waals surface area contributed by atoms with E-state index in [1.165, 1.54) is 24.3 Å². The molecule has 0 spiro atoms. The van der Waals surface area contributed by atoms with E-state index in [4.69, 9.17) is 0 Å². The molecule has 0 aliphatic heterocycles. The van der Waals surface area contributed by atoms with Crippen LogP contribution < -0.4 is 0 Å². The third kappa shape index (κ3) is 3.27. The third-order valence-electron chi connectivity index (χ3n) is 5.24. The van der Waals surface area contributed by atoms with E-state index in [2.05, 4.69) is 15.9 Å². The van der Waals surface area contributed by atoms with Gasteiger partial charge < -0.3 is 20.4 Å². The monoisotopic (exact) mass is 462 g/mol. The highest BCUT2D eigenvalue weighted by molar-refractivity contribution is 9.10. The second kappa shape index (κ2) is 7.76. The molecule has 0 bridgehead atoms. The number of hydrogen-bond donors (Lipinski definition) is 4. The zero-order valence-electron chi connectivity index (χ0n) is 15.8. The fourth-order valence-corrected chi connectivity index (χ4v) is 4.42. The van der Waals surface area contributed by atoms with Crippen LogP contribution in [0.4, 0.5) is 0 Å². The van der Waals surface area contributed by atoms with Crippen molar-refractivity contribution in [1.29, 1.82) is 0 Å². The molecule has 4 rings (SSSR count). The Morgan fingerprint density at radius 1 is 0.533 bits per heavy atom. The lowest BCUT2D eigenvalue weighted by atomic mass is 9.64. The van der Waals surface area contributed by atoms with Crippen LogP contribution in [0.1, 0.15) is 22.3 Å². The van der Waals surface area contributed by atoms with Gasteiger partial charge in [0.2, 0.25) is 0 Å². The van der Waals surface area contributed by atoms with Crippen molar-refractivity contribution in [3.63, 3.8) is 0 Å². The summed E-state index contributed by atoms with van der Waals surface area (Å²) in [6.07, 6.45) is 0. The molecule has 0 fully saturated rings. The molecule has 150 valence electrons. The van der Waals surface area contributed by atoms with Gasteiger partial charge in [-0.3, -0.25) is 0 Å². The summed E-state index contributed by atoms with van der Waals surface area (Å²) in [5, 5.41) is 41.6.